The number of nitrogens with two attached hydrogens (primary N) is 1. The topological polar surface area (TPSA) is 97.7 Å². The lowest BCUT2D eigenvalue weighted by Gasteiger charge is -2.35. The van der Waals surface area contributed by atoms with Crippen molar-refractivity contribution < 1.29 is 14.1 Å². The van der Waals surface area contributed by atoms with Crippen molar-refractivity contribution in [1.29, 1.82) is 0 Å². The van der Waals surface area contributed by atoms with Crippen molar-refractivity contribution in [2.45, 2.75) is 6.92 Å². The Hall–Kier alpha value is -2.97. The number of benzene rings is 1. The van der Waals surface area contributed by atoms with Gasteiger partial charge in [0.1, 0.15) is 28.6 Å². The van der Waals surface area contributed by atoms with E-state index in [9.17, 15) is 4.79 Å². The summed E-state index contributed by atoms with van der Waals surface area (Å²) in [5.74, 6) is 1.50. The van der Waals surface area contributed by atoms with E-state index >= 15 is 0 Å². The standard InChI is InChI=1S/C21H21Cl2N5O3/c1-12-18(19(26-31-12)15-10-14(24)3-4-17(15)30-2)21(29)28-7-5-27(6-8-28)20-16(23)9-13(22)11-25-20/h3-4,9-11H,5-8,24H2,1-2H3. The minimum atomic E-state index is -0.159. The average Bonchev–Trinajstić information content (AvgIpc) is 3.14. The Bertz CT molecular complexity index is 1130. The highest BCUT2D eigenvalue weighted by molar-refractivity contribution is 6.36. The highest BCUT2D eigenvalue weighted by atomic mass is 35.5. The molecule has 8 nitrogen and oxygen atoms in total. The number of nitrogens with zero attached hydrogens (tertiary/aromatic N) is 4. The molecular formula is C21H21Cl2N5O3. The summed E-state index contributed by atoms with van der Waals surface area (Å²) >= 11 is 12.2. The number of aryl methyl sites for hydroxylation is 1. The van der Waals surface area contributed by atoms with E-state index in [2.05, 4.69) is 10.1 Å². The summed E-state index contributed by atoms with van der Waals surface area (Å²) in [6.07, 6.45) is 1.56. The Kier molecular flexibility index (Phi) is 5.93. The van der Waals surface area contributed by atoms with Gasteiger partial charge in [-0.05, 0) is 31.2 Å². The van der Waals surface area contributed by atoms with Crippen LogP contribution < -0.4 is 15.4 Å². The zero-order chi connectivity index (χ0) is 22.1. The number of aromatic nitrogens is 2. The zero-order valence-corrected chi connectivity index (χ0v) is 18.6. The lowest BCUT2D eigenvalue weighted by molar-refractivity contribution is 0.0745. The Morgan fingerprint density at radius 3 is 2.61 bits per heavy atom. The minimum absolute atomic E-state index is 0.159. The first kappa shape index (κ1) is 21.3. The van der Waals surface area contributed by atoms with Gasteiger partial charge in [0.05, 0.1) is 17.2 Å². The fourth-order valence-electron chi connectivity index (χ4n) is 3.64. The average molecular weight is 462 g/mol. The van der Waals surface area contributed by atoms with Crippen molar-refractivity contribution in [3.05, 3.63) is 51.8 Å². The monoisotopic (exact) mass is 461 g/mol. The molecule has 0 radical (unpaired) electrons. The summed E-state index contributed by atoms with van der Waals surface area (Å²) < 4.78 is 10.8. The molecular weight excluding hydrogens is 441 g/mol. The second-order valence-electron chi connectivity index (χ2n) is 7.16. The molecule has 2 aromatic heterocycles. The first-order valence-electron chi connectivity index (χ1n) is 9.64. The van der Waals surface area contributed by atoms with E-state index < -0.39 is 0 Å². The van der Waals surface area contributed by atoms with Crippen molar-refractivity contribution in [1.82, 2.24) is 15.0 Å². The minimum Gasteiger partial charge on any atom is -0.496 e. The number of anilines is 2. The molecule has 1 aromatic carbocycles. The molecule has 1 fully saturated rings. The molecule has 2 N–H and O–H groups in total. The molecule has 1 aliphatic rings. The Morgan fingerprint density at radius 2 is 1.94 bits per heavy atom. The first-order chi connectivity index (χ1) is 14.9. The van der Waals surface area contributed by atoms with Gasteiger partial charge in [0, 0.05) is 43.6 Å². The molecule has 1 aliphatic heterocycles. The van der Waals surface area contributed by atoms with Gasteiger partial charge >= 0.3 is 0 Å². The Labute approximate surface area is 189 Å². The summed E-state index contributed by atoms with van der Waals surface area (Å²) in [5, 5.41) is 5.09. The van der Waals surface area contributed by atoms with E-state index in [4.69, 9.17) is 38.2 Å². The van der Waals surface area contributed by atoms with Gasteiger partial charge in [0.2, 0.25) is 0 Å². The molecule has 10 heteroatoms. The van der Waals surface area contributed by atoms with E-state index in [0.717, 1.165) is 0 Å². The van der Waals surface area contributed by atoms with Crippen molar-refractivity contribution in [3.63, 3.8) is 0 Å². The van der Waals surface area contributed by atoms with Crippen LogP contribution >= 0.6 is 23.2 Å². The van der Waals surface area contributed by atoms with Crippen LogP contribution in [0.2, 0.25) is 10.0 Å². The molecule has 0 atom stereocenters. The molecule has 1 amide bonds. The third-order valence-electron chi connectivity index (χ3n) is 5.21. The second-order valence-corrected chi connectivity index (χ2v) is 8.00. The van der Waals surface area contributed by atoms with E-state index in [-0.39, 0.29) is 5.91 Å². The van der Waals surface area contributed by atoms with E-state index in [0.29, 0.717) is 76.1 Å². The van der Waals surface area contributed by atoms with E-state index in [1.54, 1.807) is 49.4 Å². The molecule has 0 saturated carbocycles. The summed E-state index contributed by atoms with van der Waals surface area (Å²) in [6.45, 7) is 3.88. The number of carbonyl (C=O) groups is 1. The van der Waals surface area contributed by atoms with Gasteiger partial charge in [0.15, 0.2) is 0 Å². The highest BCUT2D eigenvalue weighted by Gasteiger charge is 2.30. The smallest absolute Gasteiger partial charge is 0.259 e. The van der Waals surface area contributed by atoms with Crippen LogP contribution in [0.15, 0.2) is 35.0 Å². The van der Waals surface area contributed by atoms with E-state index in [1.807, 2.05) is 4.90 Å². The van der Waals surface area contributed by atoms with Crippen LogP contribution in [-0.4, -0.2) is 54.2 Å². The second kappa shape index (κ2) is 8.64. The van der Waals surface area contributed by atoms with Gasteiger partial charge in [-0.3, -0.25) is 4.79 Å². The van der Waals surface area contributed by atoms with Crippen LogP contribution in [0.5, 0.6) is 5.75 Å². The molecule has 3 heterocycles. The van der Waals surface area contributed by atoms with Gasteiger partial charge in [-0.1, -0.05) is 28.4 Å². The SMILES string of the molecule is COc1ccc(N)cc1-c1noc(C)c1C(=O)N1CCN(c2ncc(Cl)cc2Cl)CC1. The number of methoxy groups -OCH3 is 1. The predicted octanol–water partition coefficient (Wildman–Crippen LogP) is 3.91. The van der Waals surface area contributed by atoms with Crippen LogP contribution in [0.1, 0.15) is 16.1 Å². The largest absolute Gasteiger partial charge is 0.496 e. The third-order valence-corrected chi connectivity index (χ3v) is 5.69. The number of piperazine rings is 1. The number of nitrogen functional groups attached to an aromatic ring is 1. The van der Waals surface area contributed by atoms with Gasteiger partial charge in [0.25, 0.3) is 5.91 Å². The van der Waals surface area contributed by atoms with Crippen molar-refractivity contribution in [2.24, 2.45) is 0 Å². The molecule has 31 heavy (non-hydrogen) atoms. The molecule has 1 saturated heterocycles. The molecule has 0 spiro atoms. The lowest BCUT2D eigenvalue weighted by Crippen LogP contribution is -2.49. The number of pyridine rings is 1. The maximum Gasteiger partial charge on any atom is 0.259 e. The van der Waals surface area contributed by atoms with Crippen LogP contribution in [0.25, 0.3) is 11.3 Å². The van der Waals surface area contributed by atoms with E-state index in [1.165, 1.54) is 0 Å². The maximum absolute atomic E-state index is 13.4. The number of amides is 1. The van der Waals surface area contributed by atoms with Crippen LogP contribution in [-0.2, 0) is 0 Å². The van der Waals surface area contributed by atoms with Gasteiger partial charge < -0.3 is 24.8 Å². The number of carbonyl (C=O) groups excluding carboxylic acids is 1. The van der Waals surface area contributed by atoms with Crippen molar-refractivity contribution in [2.75, 3.05) is 43.9 Å². The summed E-state index contributed by atoms with van der Waals surface area (Å²) in [5.41, 5.74) is 7.91. The predicted molar refractivity (Wildman–Crippen MR) is 120 cm³/mol. The molecule has 162 valence electrons. The molecule has 0 unspecified atom stereocenters. The Morgan fingerprint density at radius 1 is 1.19 bits per heavy atom. The summed E-state index contributed by atoms with van der Waals surface area (Å²) in [6, 6.07) is 6.85. The quantitative estimate of drug-likeness (QED) is 0.588. The molecule has 4 rings (SSSR count). The van der Waals surface area contributed by atoms with Crippen LogP contribution in [0.4, 0.5) is 11.5 Å². The summed E-state index contributed by atoms with van der Waals surface area (Å²) in [7, 11) is 1.55. The van der Waals surface area contributed by atoms with Gasteiger partial charge in [-0.25, -0.2) is 4.98 Å². The molecule has 3 aromatic rings. The highest BCUT2D eigenvalue weighted by Crippen LogP contribution is 2.35. The number of rotatable bonds is 4. The van der Waals surface area contributed by atoms with Gasteiger partial charge in [-0.15, -0.1) is 0 Å². The Balaban J connectivity index is 1.57. The molecule has 0 bridgehead atoms. The van der Waals surface area contributed by atoms with Crippen LogP contribution in [0.3, 0.4) is 0 Å². The van der Waals surface area contributed by atoms with Gasteiger partial charge in [-0.2, -0.15) is 0 Å². The lowest BCUT2D eigenvalue weighted by atomic mass is 10.0. The number of hydrogen-bond acceptors (Lipinski definition) is 7. The molecule has 0 aliphatic carbocycles. The third kappa shape index (κ3) is 4.13. The number of ether oxygens (including phenoxy) is 1. The zero-order valence-electron chi connectivity index (χ0n) is 17.1. The van der Waals surface area contributed by atoms with Crippen molar-refractivity contribution >= 4 is 40.6 Å². The summed E-state index contributed by atoms with van der Waals surface area (Å²) in [4.78, 5) is 21.5. The van der Waals surface area contributed by atoms with Crippen LogP contribution in [0, 0.1) is 6.92 Å². The fourth-order valence-corrected chi connectivity index (χ4v) is 4.14. The normalized spacial score (nSPS) is 14.1. The van der Waals surface area contributed by atoms with Crippen molar-refractivity contribution in [3.8, 4) is 17.0 Å². The number of halogens is 2. The maximum atomic E-state index is 13.4. The number of hydrogen-bond donors (Lipinski definition) is 1. The first-order valence-corrected chi connectivity index (χ1v) is 10.4. The fraction of sp³-hybridized carbons (Fsp3) is 0.286.